The van der Waals surface area contributed by atoms with Gasteiger partial charge in [0.05, 0.1) is 0 Å². The maximum absolute atomic E-state index is 2.83. The molecule has 0 aliphatic carbocycles. The van der Waals surface area contributed by atoms with Gasteiger partial charge in [-0.15, -0.1) is 0 Å². The Kier molecular flexibility index (Phi) is 13.7. The van der Waals surface area contributed by atoms with E-state index in [1.54, 1.807) is 0 Å². The molecule has 0 radical (unpaired) electrons. The summed E-state index contributed by atoms with van der Waals surface area (Å²) in [6.45, 7) is 12.2. The Morgan fingerprint density at radius 1 is 0.720 bits per heavy atom. The Hall–Kier alpha value is -0.120. The van der Waals surface area contributed by atoms with E-state index >= 15 is 0 Å². The molecule has 0 aromatic heterocycles. The third-order valence-corrected chi connectivity index (χ3v) is 5.82. The lowest BCUT2D eigenvalue weighted by molar-refractivity contribution is 0.0820. The first-order valence-corrected chi connectivity index (χ1v) is 11.3. The van der Waals surface area contributed by atoms with Crippen LogP contribution in [0.5, 0.6) is 0 Å². The Labute approximate surface area is 159 Å². The van der Waals surface area contributed by atoms with E-state index in [0.29, 0.717) is 0 Å². The van der Waals surface area contributed by atoms with Crippen LogP contribution in [0.1, 0.15) is 84.5 Å². The van der Waals surface area contributed by atoms with E-state index in [2.05, 4.69) is 42.6 Å². The van der Waals surface area contributed by atoms with Crippen LogP contribution in [0.4, 0.5) is 0 Å². The van der Waals surface area contributed by atoms with Gasteiger partial charge < -0.3 is 4.90 Å². The number of piperazine rings is 1. The highest BCUT2D eigenvalue weighted by molar-refractivity contribution is 4.79. The molecule has 0 bridgehead atoms. The highest BCUT2D eigenvalue weighted by atomic mass is 15.3. The lowest BCUT2D eigenvalue weighted by Crippen LogP contribution is -2.51. The molecule has 1 heterocycles. The van der Waals surface area contributed by atoms with Crippen molar-refractivity contribution in [2.45, 2.75) is 90.5 Å². The fourth-order valence-electron chi connectivity index (χ4n) is 3.99. The number of hydrogen-bond donors (Lipinski definition) is 0. The second-order valence-corrected chi connectivity index (χ2v) is 8.39. The van der Waals surface area contributed by atoms with Crippen LogP contribution in [0.3, 0.4) is 0 Å². The third-order valence-electron chi connectivity index (χ3n) is 5.82. The van der Waals surface area contributed by atoms with E-state index in [9.17, 15) is 0 Å². The average molecular weight is 354 g/mol. The zero-order chi connectivity index (χ0) is 18.3. The van der Waals surface area contributed by atoms with E-state index in [-0.39, 0.29) is 0 Å². The molecule has 0 aromatic carbocycles. The summed E-state index contributed by atoms with van der Waals surface area (Å²) in [5.41, 5.74) is 0. The highest BCUT2D eigenvalue weighted by Crippen LogP contribution is 2.19. The normalized spacial score (nSPS) is 18.1. The summed E-state index contributed by atoms with van der Waals surface area (Å²) >= 11 is 0. The van der Waals surface area contributed by atoms with Crippen LogP contribution < -0.4 is 0 Å². The topological polar surface area (TPSA) is 9.72 Å². The summed E-state index contributed by atoms with van der Waals surface area (Å²) in [5.74, 6) is 0. The first kappa shape index (κ1) is 22.9. The number of rotatable bonds is 15. The van der Waals surface area contributed by atoms with Crippen LogP contribution in [0.2, 0.25) is 0 Å². The van der Waals surface area contributed by atoms with Crippen molar-refractivity contribution < 1.29 is 0 Å². The maximum atomic E-state index is 2.83. The van der Waals surface area contributed by atoms with Crippen LogP contribution >= 0.6 is 0 Å². The summed E-state index contributed by atoms with van der Waals surface area (Å²) < 4.78 is 0. The Bertz CT molecular complexity index is 285. The van der Waals surface area contributed by atoms with Crippen molar-refractivity contribution in [2.75, 3.05) is 53.4 Å². The standard InChI is InChI=1S/C22H47N3/c1-5-7-9-11-13-15-22(14-12-10-8-6-2)25-20-18-24(19-21-25)17-16-23(3)4/h22H,5-21H2,1-4H3/t22-/m1/s1. The molecule has 0 aromatic rings. The van der Waals surface area contributed by atoms with Gasteiger partial charge in [0.25, 0.3) is 0 Å². The van der Waals surface area contributed by atoms with E-state index in [0.717, 1.165) is 6.04 Å². The van der Waals surface area contributed by atoms with Gasteiger partial charge in [0.2, 0.25) is 0 Å². The molecule has 0 unspecified atom stereocenters. The molecule has 1 saturated heterocycles. The van der Waals surface area contributed by atoms with Gasteiger partial charge in [0.1, 0.15) is 0 Å². The van der Waals surface area contributed by atoms with Crippen LogP contribution in [-0.4, -0.2) is 74.1 Å². The molecule has 0 saturated carbocycles. The molecule has 3 heteroatoms. The summed E-state index contributed by atoms with van der Waals surface area (Å²) in [6.07, 6.45) is 15.6. The number of likely N-dealkylation sites (N-methyl/N-ethyl adjacent to an activating group) is 1. The van der Waals surface area contributed by atoms with Gasteiger partial charge in [-0.3, -0.25) is 9.80 Å². The van der Waals surface area contributed by atoms with Crippen molar-refractivity contribution in [2.24, 2.45) is 0 Å². The smallest absolute Gasteiger partial charge is 0.0113 e. The lowest BCUT2D eigenvalue weighted by Gasteiger charge is -2.40. The highest BCUT2D eigenvalue weighted by Gasteiger charge is 2.23. The zero-order valence-corrected chi connectivity index (χ0v) is 17.9. The molecule has 1 rings (SSSR count). The monoisotopic (exact) mass is 353 g/mol. The fraction of sp³-hybridized carbons (Fsp3) is 1.00. The molecule has 150 valence electrons. The van der Waals surface area contributed by atoms with Gasteiger partial charge in [0.15, 0.2) is 0 Å². The quantitative estimate of drug-likeness (QED) is 0.389. The van der Waals surface area contributed by atoms with Crippen molar-refractivity contribution >= 4 is 0 Å². The SMILES string of the molecule is CCCCCCC[C@@H](CCCCCC)N1CCN(CCN(C)C)CC1. The van der Waals surface area contributed by atoms with Crippen molar-refractivity contribution in [1.29, 1.82) is 0 Å². The van der Waals surface area contributed by atoms with Gasteiger partial charge in [0, 0.05) is 45.3 Å². The van der Waals surface area contributed by atoms with Crippen molar-refractivity contribution in [1.82, 2.24) is 14.7 Å². The third kappa shape index (κ3) is 11.2. The van der Waals surface area contributed by atoms with E-state index in [4.69, 9.17) is 0 Å². The van der Waals surface area contributed by atoms with Crippen molar-refractivity contribution in [3.63, 3.8) is 0 Å². The molecule has 1 fully saturated rings. The summed E-state index contributed by atoms with van der Waals surface area (Å²) in [7, 11) is 4.36. The minimum atomic E-state index is 0.856. The van der Waals surface area contributed by atoms with Crippen LogP contribution in [-0.2, 0) is 0 Å². The predicted molar refractivity (Wildman–Crippen MR) is 112 cm³/mol. The lowest BCUT2D eigenvalue weighted by atomic mass is 9.98. The van der Waals surface area contributed by atoms with Crippen LogP contribution in [0.15, 0.2) is 0 Å². The molecular weight excluding hydrogens is 306 g/mol. The first-order valence-electron chi connectivity index (χ1n) is 11.3. The molecule has 25 heavy (non-hydrogen) atoms. The fourth-order valence-corrected chi connectivity index (χ4v) is 3.99. The van der Waals surface area contributed by atoms with Crippen molar-refractivity contribution in [3.05, 3.63) is 0 Å². The molecule has 1 aliphatic heterocycles. The van der Waals surface area contributed by atoms with Gasteiger partial charge in [-0.05, 0) is 26.9 Å². The molecule has 0 spiro atoms. The Morgan fingerprint density at radius 2 is 1.24 bits per heavy atom. The van der Waals surface area contributed by atoms with E-state index in [1.165, 1.54) is 110 Å². The van der Waals surface area contributed by atoms with E-state index < -0.39 is 0 Å². The molecule has 1 aliphatic rings. The minimum absolute atomic E-state index is 0.856. The summed E-state index contributed by atoms with van der Waals surface area (Å²) in [4.78, 5) is 7.79. The number of nitrogens with zero attached hydrogens (tertiary/aromatic N) is 3. The van der Waals surface area contributed by atoms with Gasteiger partial charge in [-0.2, -0.15) is 0 Å². The molecule has 1 atom stereocenters. The zero-order valence-electron chi connectivity index (χ0n) is 17.9. The summed E-state index contributed by atoms with van der Waals surface area (Å²) in [5, 5.41) is 0. The number of unbranched alkanes of at least 4 members (excludes halogenated alkanes) is 7. The second kappa shape index (κ2) is 15.0. The van der Waals surface area contributed by atoms with E-state index in [1.807, 2.05) is 0 Å². The maximum Gasteiger partial charge on any atom is 0.0113 e. The first-order chi connectivity index (χ1) is 12.2. The van der Waals surface area contributed by atoms with Crippen LogP contribution in [0, 0.1) is 0 Å². The molecule has 0 N–H and O–H groups in total. The average Bonchev–Trinajstić information content (AvgIpc) is 2.62. The second-order valence-electron chi connectivity index (χ2n) is 8.39. The minimum Gasteiger partial charge on any atom is -0.308 e. The van der Waals surface area contributed by atoms with Gasteiger partial charge >= 0.3 is 0 Å². The largest absolute Gasteiger partial charge is 0.308 e. The Morgan fingerprint density at radius 3 is 1.76 bits per heavy atom. The molecule has 3 nitrogen and oxygen atoms in total. The molecule has 0 amide bonds. The van der Waals surface area contributed by atoms with Crippen LogP contribution in [0.25, 0.3) is 0 Å². The van der Waals surface area contributed by atoms with Crippen molar-refractivity contribution in [3.8, 4) is 0 Å². The van der Waals surface area contributed by atoms with Gasteiger partial charge in [-0.25, -0.2) is 0 Å². The predicted octanol–water partition coefficient (Wildman–Crippen LogP) is 4.87. The molecular formula is C22H47N3. The number of hydrogen-bond acceptors (Lipinski definition) is 3. The Balaban J connectivity index is 2.32. The van der Waals surface area contributed by atoms with Gasteiger partial charge in [-0.1, -0.05) is 71.6 Å². The summed E-state index contributed by atoms with van der Waals surface area (Å²) in [6, 6.07) is 0.856.